The van der Waals surface area contributed by atoms with Gasteiger partial charge < -0.3 is 5.32 Å². The quantitative estimate of drug-likeness (QED) is 0.931. The molecule has 1 aliphatic heterocycles. The maximum atomic E-state index is 3.50. The number of nitrogens with zero attached hydrogens (tertiary/aromatic N) is 1. The number of hydrogen-bond donors (Lipinski definition) is 1. The van der Waals surface area contributed by atoms with Crippen LogP contribution < -0.4 is 5.32 Å². The topological polar surface area (TPSA) is 15.3 Å². The van der Waals surface area contributed by atoms with Gasteiger partial charge in [-0.2, -0.15) is 0 Å². The second-order valence-electron chi connectivity index (χ2n) is 5.03. The Bertz CT molecular complexity index is 496. The molecular formula is C15H20N2S2. The fourth-order valence-electron chi connectivity index (χ4n) is 2.71. The van der Waals surface area contributed by atoms with Gasteiger partial charge in [0.25, 0.3) is 0 Å². The maximum Gasteiger partial charge on any atom is 0.0792 e. The van der Waals surface area contributed by atoms with Crippen molar-refractivity contribution in [1.82, 2.24) is 10.2 Å². The third kappa shape index (κ3) is 2.92. The normalized spacial score (nSPS) is 19.2. The molecule has 2 aromatic heterocycles. The van der Waals surface area contributed by atoms with Crippen LogP contribution in [0.4, 0.5) is 0 Å². The van der Waals surface area contributed by atoms with Crippen LogP contribution in [0.25, 0.3) is 0 Å². The van der Waals surface area contributed by atoms with Gasteiger partial charge in [0.2, 0.25) is 0 Å². The Morgan fingerprint density at radius 3 is 2.84 bits per heavy atom. The van der Waals surface area contributed by atoms with Gasteiger partial charge in [0, 0.05) is 29.4 Å². The van der Waals surface area contributed by atoms with Gasteiger partial charge >= 0.3 is 0 Å². The van der Waals surface area contributed by atoms with Gasteiger partial charge in [0.15, 0.2) is 0 Å². The first-order chi connectivity index (χ1) is 9.36. The molecule has 0 aliphatic carbocycles. The zero-order chi connectivity index (χ0) is 13.1. The maximum absolute atomic E-state index is 3.50. The van der Waals surface area contributed by atoms with Crippen molar-refractivity contribution >= 4 is 22.7 Å². The van der Waals surface area contributed by atoms with Crippen LogP contribution in [0.1, 0.15) is 27.8 Å². The monoisotopic (exact) mass is 292 g/mol. The third-order valence-corrected chi connectivity index (χ3v) is 5.70. The van der Waals surface area contributed by atoms with Crippen LogP contribution in [0.5, 0.6) is 0 Å². The highest BCUT2D eigenvalue weighted by Gasteiger charge is 2.26. The van der Waals surface area contributed by atoms with E-state index in [0.717, 1.165) is 19.6 Å². The van der Waals surface area contributed by atoms with E-state index in [1.165, 1.54) is 28.3 Å². The summed E-state index contributed by atoms with van der Waals surface area (Å²) >= 11 is 3.78. The summed E-state index contributed by atoms with van der Waals surface area (Å²) in [6.45, 7) is 6.82. The van der Waals surface area contributed by atoms with E-state index in [9.17, 15) is 0 Å². The van der Waals surface area contributed by atoms with E-state index in [1.54, 1.807) is 0 Å². The van der Waals surface area contributed by atoms with Crippen LogP contribution in [0.2, 0.25) is 0 Å². The van der Waals surface area contributed by atoms with E-state index in [1.807, 2.05) is 22.7 Å². The van der Waals surface area contributed by atoms with E-state index >= 15 is 0 Å². The lowest BCUT2D eigenvalue weighted by molar-refractivity contribution is 0.246. The van der Waals surface area contributed by atoms with Crippen molar-refractivity contribution in [2.45, 2.75) is 19.4 Å². The summed E-state index contributed by atoms with van der Waals surface area (Å²) in [5.41, 5.74) is 1.43. The number of hydrogen-bond acceptors (Lipinski definition) is 4. The van der Waals surface area contributed by atoms with Gasteiger partial charge in [-0.1, -0.05) is 6.07 Å². The van der Waals surface area contributed by atoms with Gasteiger partial charge in [0.1, 0.15) is 0 Å². The zero-order valence-corrected chi connectivity index (χ0v) is 12.9. The first kappa shape index (κ1) is 13.3. The molecule has 1 aliphatic rings. The van der Waals surface area contributed by atoms with Crippen molar-refractivity contribution in [2.75, 3.05) is 26.2 Å². The number of thiophene rings is 2. The molecule has 0 aromatic carbocycles. The molecule has 1 fully saturated rings. The largest absolute Gasteiger partial charge is 0.315 e. The SMILES string of the molecule is Cc1ccsc1C(c1cccs1)N1CCCNCC1. The van der Waals surface area contributed by atoms with Gasteiger partial charge in [0.05, 0.1) is 6.04 Å². The first-order valence-corrected chi connectivity index (χ1v) is 8.64. The van der Waals surface area contributed by atoms with Crippen LogP contribution in [0.3, 0.4) is 0 Å². The lowest BCUT2D eigenvalue weighted by Gasteiger charge is -2.29. The summed E-state index contributed by atoms with van der Waals surface area (Å²) in [6, 6.07) is 7.16. The van der Waals surface area contributed by atoms with Crippen molar-refractivity contribution < 1.29 is 0 Å². The molecule has 4 heteroatoms. The Kier molecular flexibility index (Phi) is 4.33. The summed E-state index contributed by atoms with van der Waals surface area (Å²) in [5, 5.41) is 7.92. The predicted octanol–water partition coefficient (Wildman–Crippen LogP) is 3.50. The molecule has 1 N–H and O–H groups in total. The molecule has 2 aromatic rings. The molecular weight excluding hydrogens is 272 g/mol. The highest BCUT2D eigenvalue weighted by Crippen LogP contribution is 2.36. The average molecular weight is 292 g/mol. The molecule has 1 atom stereocenters. The Morgan fingerprint density at radius 1 is 1.16 bits per heavy atom. The average Bonchev–Trinajstić information content (AvgIpc) is 2.99. The number of rotatable bonds is 3. The van der Waals surface area contributed by atoms with E-state index < -0.39 is 0 Å². The molecule has 0 radical (unpaired) electrons. The molecule has 0 amide bonds. The summed E-state index contributed by atoms with van der Waals surface area (Å²) in [7, 11) is 0. The highest BCUT2D eigenvalue weighted by molar-refractivity contribution is 7.11. The van der Waals surface area contributed by atoms with Crippen molar-refractivity contribution in [1.29, 1.82) is 0 Å². The van der Waals surface area contributed by atoms with Gasteiger partial charge in [-0.3, -0.25) is 4.90 Å². The molecule has 3 heterocycles. The van der Waals surface area contributed by atoms with Crippen molar-refractivity contribution in [3.63, 3.8) is 0 Å². The van der Waals surface area contributed by atoms with Gasteiger partial charge in [-0.15, -0.1) is 22.7 Å². The Balaban J connectivity index is 1.94. The van der Waals surface area contributed by atoms with Crippen molar-refractivity contribution in [2.24, 2.45) is 0 Å². The second kappa shape index (κ2) is 6.18. The number of aryl methyl sites for hydroxylation is 1. The molecule has 0 bridgehead atoms. The minimum absolute atomic E-state index is 0.458. The molecule has 2 nitrogen and oxygen atoms in total. The molecule has 1 unspecified atom stereocenters. The van der Waals surface area contributed by atoms with Crippen LogP contribution in [0, 0.1) is 6.92 Å². The molecule has 1 saturated heterocycles. The zero-order valence-electron chi connectivity index (χ0n) is 11.3. The van der Waals surface area contributed by atoms with Crippen LogP contribution in [0.15, 0.2) is 29.0 Å². The van der Waals surface area contributed by atoms with E-state index in [4.69, 9.17) is 0 Å². The van der Waals surface area contributed by atoms with Crippen molar-refractivity contribution in [3.05, 3.63) is 44.3 Å². The van der Waals surface area contributed by atoms with E-state index in [2.05, 4.69) is 46.1 Å². The fraction of sp³-hybridized carbons (Fsp3) is 0.467. The first-order valence-electron chi connectivity index (χ1n) is 6.88. The number of nitrogens with one attached hydrogen (secondary N) is 1. The Labute approximate surface area is 123 Å². The lowest BCUT2D eigenvalue weighted by atomic mass is 10.1. The van der Waals surface area contributed by atoms with Crippen LogP contribution >= 0.6 is 22.7 Å². The van der Waals surface area contributed by atoms with Gasteiger partial charge in [-0.25, -0.2) is 0 Å². The predicted molar refractivity (Wildman–Crippen MR) is 84.3 cm³/mol. The lowest BCUT2D eigenvalue weighted by Crippen LogP contribution is -2.32. The minimum atomic E-state index is 0.458. The molecule has 0 spiro atoms. The third-order valence-electron chi connectivity index (χ3n) is 3.70. The van der Waals surface area contributed by atoms with Gasteiger partial charge in [-0.05, 0) is 48.3 Å². The minimum Gasteiger partial charge on any atom is -0.315 e. The second-order valence-corrected chi connectivity index (χ2v) is 6.95. The van der Waals surface area contributed by atoms with E-state index in [-0.39, 0.29) is 0 Å². The summed E-state index contributed by atoms with van der Waals surface area (Å²) < 4.78 is 0. The van der Waals surface area contributed by atoms with E-state index in [0.29, 0.717) is 6.04 Å². The van der Waals surface area contributed by atoms with Crippen LogP contribution in [-0.2, 0) is 0 Å². The fourth-order valence-corrected chi connectivity index (χ4v) is 4.73. The molecule has 0 saturated carbocycles. The Morgan fingerprint density at radius 2 is 2.11 bits per heavy atom. The molecule has 3 rings (SSSR count). The smallest absolute Gasteiger partial charge is 0.0792 e. The summed E-state index contributed by atoms with van der Waals surface area (Å²) in [4.78, 5) is 5.64. The Hall–Kier alpha value is -0.680. The summed E-state index contributed by atoms with van der Waals surface area (Å²) in [5.74, 6) is 0. The highest BCUT2D eigenvalue weighted by atomic mass is 32.1. The van der Waals surface area contributed by atoms with Crippen molar-refractivity contribution in [3.8, 4) is 0 Å². The summed E-state index contributed by atoms with van der Waals surface area (Å²) in [6.07, 6.45) is 1.24. The molecule has 102 valence electrons. The standard InChI is InChI=1S/C15H20N2S2/c1-12-5-11-19-15(12)14(13-4-2-10-18-13)17-8-3-6-16-7-9-17/h2,4-5,10-11,14,16H,3,6-9H2,1H3. The van der Waals surface area contributed by atoms with Crippen LogP contribution in [-0.4, -0.2) is 31.1 Å². The molecule has 19 heavy (non-hydrogen) atoms.